The Morgan fingerprint density at radius 2 is 2.12 bits per heavy atom. The maximum absolute atomic E-state index is 12.6. The molecule has 3 aromatic rings. The number of aromatic amines is 1. The molecule has 4 rings (SSSR count). The van der Waals surface area contributed by atoms with Crippen molar-refractivity contribution in [2.24, 2.45) is 0 Å². The van der Waals surface area contributed by atoms with E-state index in [1.165, 1.54) is 6.20 Å². The quantitative estimate of drug-likeness (QED) is 0.712. The highest BCUT2D eigenvalue weighted by Gasteiger charge is 2.24. The van der Waals surface area contributed by atoms with E-state index in [4.69, 9.17) is 5.26 Å². The summed E-state index contributed by atoms with van der Waals surface area (Å²) in [5.41, 5.74) is 2.35. The molecule has 0 radical (unpaired) electrons. The van der Waals surface area contributed by atoms with Gasteiger partial charge in [-0.2, -0.15) is 5.26 Å². The monoisotopic (exact) mass is 336 g/mol. The molecule has 0 aromatic carbocycles. The number of hydrogen-bond acceptors (Lipinski definition) is 5. The minimum Gasteiger partial charge on any atom is -0.346 e. The predicted molar refractivity (Wildman–Crippen MR) is 95.2 cm³/mol. The molecule has 128 valence electrons. The molecular formula is C18H20N6O. The van der Waals surface area contributed by atoms with Crippen LogP contribution in [0, 0.1) is 11.3 Å². The van der Waals surface area contributed by atoms with Gasteiger partial charge < -0.3 is 14.9 Å². The van der Waals surface area contributed by atoms with Gasteiger partial charge >= 0.3 is 0 Å². The summed E-state index contributed by atoms with van der Waals surface area (Å²) in [6, 6.07) is 4.72. The number of nitriles is 1. The molecule has 0 saturated heterocycles. The largest absolute Gasteiger partial charge is 0.346 e. The zero-order valence-corrected chi connectivity index (χ0v) is 13.9. The lowest BCUT2D eigenvalue weighted by atomic mass is 9.90. The highest BCUT2D eigenvalue weighted by molar-refractivity contribution is 6.00. The molecule has 3 heterocycles. The zero-order chi connectivity index (χ0) is 17.2. The van der Waals surface area contributed by atoms with Gasteiger partial charge in [0.2, 0.25) is 0 Å². The molecule has 0 spiro atoms. The van der Waals surface area contributed by atoms with Crippen LogP contribution in [0.2, 0.25) is 0 Å². The van der Waals surface area contributed by atoms with Crippen molar-refractivity contribution in [3.63, 3.8) is 0 Å². The third-order valence-corrected chi connectivity index (χ3v) is 5.06. The zero-order valence-electron chi connectivity index (χ0n) is 13.9. The third-order valence-electron chi connectivity index (χ3n) is 5.06. The van der Waals surface area contributed by atoms with E-state index in [1.807, 2.05) is 16.8 Å². The van der Waals surface area contributed by atoms with Gasteiger partial charge in [0, 0.05) is 36.6 Å². The molecular weight excluding hydrogens is 316 g/mol. The van der Waals surface area contributed by atoms with E-state index in [0.717, 1.165) is 54.3 Å². The second kappa shape index (κ2) is 6.65. The average molecular weight is 336 g/mol. The van der Waals surface area contributed by atoms with Gasteiger partial charge in [-0.25, -0.2) is 9.97 Å². The van der Waals surface area contributed by atoms with Gasteiger partial charge in [-0.15, -0.1) is 0 Å². The van der Waals surface area contributed by atoms with Gasteiger partial charge in [-0.1, -0.05) is 0 Å². The number of rotatable bonds is 4. The lowest BCUT2D eigenvalue weighted by Gasteiger charge is -2.31. The van der Waals surface area contributed by atoms with Crippen LogP contribution in [0.5, 0.6) is 0 Å². The Balaban J connectivity index is 1.66. The molecule has 1 fully saturated rings. The Labute approximate surface area is 144 Å². The number of nitrogens with one attached hydrogen (secondary N) is 2. The molecule has 3 aromatic heterocycles. The molecule has 1 aliphatic carbocycles. The number of pyridine rings is 1. The second-order valence-corrected chi connectivity index (χ2v) is 6.57. The topological polar surface area (TPSA) is 99.4 Å². The van der Waals surface area contributed by atoms with Gasteiger partial charge in [0.15, 0.2) is 0 Å². The van der Waals surface area contributed by atoms with Crippen LogP contribution < -0.4 is 10.9 Å². The summed E-state index contributed by atoms with van der Waals surface area (Å²) in [5, 5.41) is 13.0. The van der Waals surface area contributed by atoms with E-state index in [0.29, 0.717) is 12.5 Å². The van der Waals surface area contributed by atoms with Gasteiger partial charge in [-0.3, -0.25) is 4.79 Å². The van der Waals surface area contributed by atoms with Crippen molar-refractivity contribution in [2.45, 2.75) is 44.2 Å². The Bertz CT molecular complexity index is 990. The highest BCUT2D eigenvalue weighted by Crippen LogP contribution is 2.31. The molecule has 0 atom stereocenters. The fourth-order valence-electron chi connectivity index (χ4n) is 3.86. The van der Waals surface area contributed by atoms with Crippen molar-refractivity contribution < 1.29 is 0 Å². The average Bonchev–Trinajstić information content (AvgIpc) is 3.12. The van der Waals surface area contributed by atoms with Crippen molar-refractivity contribution in [3.8, 4) is 6.07 Å². The Hall–Kier alpha value is -2.72. The molecule has 1 saturated carbocycles. The first-order valence-corrected chi connectivity index (χ1v) is 8.71. The smallest absolute Gasteiger partial charge is 0.269 e. The summed E-state index contributed by atoms with van der Waals surface area (Å²) < 4.78 is 1.91. The van der Waals surface area contributed by atoms with E-state index in [-0.39, 0.29) is 11.6 Å². The highest BCUT2D eigenvalue weighted by atomic mass is 16.1. The Morgan fingerprint density at radius 3 is 2.92 bits per heavy atom. The molecule has 0 unspecified atom stereocenters. The van der Waals surface area contributed by atoms with Crippen LogP contribution >= 0.6 is 0 Å². The lowest BCUT2D eigenvalue weighted by Crippen LogP contribution is -2.36. The summed E-state index contributed by atoms with van der Waals surface area (Å²) in [7, 11) is 0. The molecule has 7 nitrogen and oxygen atoms in total. The minimum atomic E-state index is -0.0536. The van der Waals surface area contributed by atoms with Gasteiger partial charge in [0.1, 0.15) is 11.2 Å². The van der Waals surface area contributed by atoms with Crippen LogP contribution in [-0.4, -0.2) is 32.1 Å². The molecule has 25 heavy (non-hydrogen) atoms. The van der Waals surface area contributed by atoms with E-state index in [1.54, 1.807) is 6.20 Å². The van der Waals surface area contributed by atoms with Gasteiger partial charge in [0.05, 0.1) is 24.0 Å². The molecule has 1 aliphatic rings. The summed E-state index contributed by atoms with van der Waals surface area (Å²) >= 11 is 0. The van der Waals surface area contributed by atoms with Crippen LogP contribution in [-0.2, 0) is 0 Å². The summed E-state index contributed by atoms with van der Waals surface area (Å²) in [6.07, 6.45) is 9.40. The van der Waals surface area contributed by atoms with Crippen molar-refractivity contribution >= 4 is 22.1 Å². The standard InChI is InChI=1S/C18H20N6O/c19-7-1-8-20-12-2-4-13(5-3-12)24-16(25)11-22-15-10-23-18-14(17(15)24)6-9-21-18/h6,9-13,20H,1-5,8H2,(H,21,23). The molecule has 0 bridgehead atoms. The maximum Gasteiger partial charge on any atom is 0.269 e. The van der Waals surface area contributed by atoms with Gasteiger partial charge in [0.25, 0.3) is 5.56 Å². The van der Waals surface area contributed by atoms with Crippen LogP contribution in [0.25, 0.3) is 22.1 Å². The van der Waals surface area contributed by atoms with Crippen LogP contribution in [0.4, 0.5) is 0 Å². The molecule has 0 aliphatic heterocycles. The fourth-order valence-corrected chi connectivity index (χ4v) is 3.86. The summed E-state index contributed by atoms with van der Waals surface area (Å²) in [5.74, 6) is 0. The predicted octanol–water partition coefficient (Wildman–Crippen LogP) is 2.26. The van der Waals surface area contributed by atoms with Crippen molar-refractivity contribution in [1.82, 2.24) is 24.8 Å². The summed E-state index contributed by atoms with van der Waals surface area (Å²) in [6.45, 7) is 0.736. The SMILES string of the molecule is N#CCCNC1CCC(n2c(=O)cnc3cnc4[nH]ccc4c32)CC1. The molecule has 7 heteroatoms. The first kappa shape index (κ1) is 15.8. The van der Waals surface area contributed by atoms with Crippen molar-refractivity contribution in [2.75, 3.05) is 6.54 Å². The fraction of sp³-hybridized carbons (Fsp3) is 0.444. The number of hydrogen-bond donors (Lipinski definition) is 2. The molecule has 0 amide bonds. The van der Waals surface area contributed by atoms with Crippen molar-refractivity contribution in [1.29, 1.82) is 5.26 Å². The first-order chi connectivity index (χ1) is 12.3. The second-order valence-electron chi connectivity index (χ2n) is 6.57. The molecule has 2 N–H and O–H groups in total. The van der Waals surface area contributed by atoms with Crippen LogP contribution in [0.15, 0.2) is 29.5 Å². The number of nitrogens with zero attached hydrogens (tertiary/aromatic N) is 4. The van der Waals surface area contributed by atoms with E-state index >= 15 is 0 Å². The minimum absolute atomic E-state index is 0.0536. The van der Waals surface area contributed by atoms with E-state index in [9.17, 15) is 4.79 Å². The Kier molecular flexibility index (Phi) is 4.20. The van der Waals surface area contributed by atoms with Crippen LogP contribution in [0.1, 0.15) is 38.1 Å². The van der Waals surface area contributed by atoms with Crippen LogP contribution in [0.3, 0.4) is 0 Å². The third kappa shape index (κ3) is 2.89. The van der Waals surface area contributed by atoms with Gasteiger partial charge in [-0.05, 0) is 31.7 Å². The normalized spacial score (nSPS) is 20.8. The summed E-state index contributed by atoms with van der Waals surface area (Å²) in [4.78, 5) is 24.4. The van der Waals surface area contributed by atoms with Crippen molar-refractivity contribution in [3.05, 3.63) is 35.0 Å². The number of H-pyrrole nitrogens is 1. The number of fused-ring (bicyclic) bond motifs is 3. The van der Waals surface area contributed by atoms with E-state index < -0.39 is 0 Å². The first-order valence-electron chi connectivity index (χ1n) is 8.71. The number of aromatic nitrogens is 4. The Morgan fingerprint density at radius 1 is 1.28 bits per heavy atom. The van der Waals surface area contributed by atoms with E-state index in [2.05, 4.69) is 26.3 Å². The maximum atomic E-state index is 12.6. The lowest BCUT2D eigenvalue weighted by molar-refractivity contribution is 0.293.